The maximum absolute atomic E-state index is 11.2. The molecule has 1 aromatic rings. The smallest absolute Gasteiger partial charge is 0.338 e. The molecular formula is C11H12O2. The quantitative estimate of drug-likeness (QED) is 0.614. The van der Waals surface area contributed by atoms with Crippen molar-refractivity contribution < 1.29 is 9.53 Å². The minimum absolute atomic E-state index is 0.183. The Morgan fingerprint density at radius 1 is 1.38 bits per heavy atom. The minimum atomic E-state index is -0.183. The van der Waals surface area contributed by atoms with Crippen LogP contribution in [-0.2, 0) is 11.3 Å². The normalized spacial score (nSPS) is 14.5. The van der Waals surface area contributed by atoms with Crippen LogP contribution in [0.25, 0.3) is 0 Å². The van der Waals surface area contributed by atoms with Crippen molar-refractivity contribution in [1.29, 1.82) is 0 Å². The highest BCUT2D eigenvalue weighted by molar-refractivity contribution is 5.93. The van der Waals surface area contributed by atoms with Gasteiger partial charge in [-0.3, -0.25) is 0 Å². The number of ether oxygens (including phenoxy) is 1. The van der Waals surface area contributed by atoms with E-state index in [9.17, 15) is 4.79 Å². The Morgan fingerprint density at radius 2 is 2.15 bits per heavy atom. The van der Waals surface area contributed by atoms with E-state index in [0.29, 0.717) is 12.5 Å². The highest BCUT2D eigenvalue weighted by Crippen LogP contribution is 2.24. The van der Waals surface area contributed by atoms with E-state index in [1.165, 1.54) is 5.56 Å². The number of esters is 1. The molecule has 2 nitrogen and oxygen atoms in total. The summed E-state index contributed by atoms with van der Waals surface area (Å²) in [4.78, 5) is 11.2. The van der Waals surface area contributed by atoms with E-state index in [4.69, 9.17) is 4.74 Å². The summed E-state index contributed by atoms with van der Waals surface area (Å²) < 4.78 is 4.92. The first-order valence-corrected chi connectivity index (χ1v) is 4.48. The zero-order valence-electron chi connectivity index (χ0n) is 7.83. The molecule has 0 atom stereocenters. The SMILES string of the molecule is CC(C)c1ccc2c(c1)C(=O)OC2. The summed E-state index contributed by atoms with van der Waals surface area (Å²) in [6, 6.07) is 5.98. The van der Waals surface area contributed by atoms with Gasteiger partial charge in [-0.1, -0.05) is 26.0 Å². The van der Waals surface area contributed by atoms with Crippen LogP contribution in [0.2, 0.25) is 0 Å². The molecule has 1 aliphatic heterocycles. The highest BCUT2D eigenvalue weighted by atomic mass is 16.5. The molecule has 0 aromatic heterocycles. The van der Waals surface area contributed by atoms with Crippen molar-refractivity contribution in [3.05, 3.63) is 34.9 Å². The lowest BCUT2D eigenvalue weighted by Crippen LogP contribution is -1.96. The average molecular weight is 176 g/mol. The van der Waals surface area contributed by atoms with Gasteiger partial charge in [-0.2, -0.15) is 0 Å². The van der Waals surface area contributed by atoms with Gasteiger partial charge < -0.3 is 4.74 Å². The third-order valence-corrected chi connectivity index (χ3v) is 2.38. The van der Waals surface area contributed by atoms with Crippen LogP contribution in [0.5, 0.6) is 0 Å². The number of fused-ring (bicyclic) bond motifs is 1. The third kappa shape index (κ3) is 1.32. The van der Waals surface area contributed by atoms with Gasteiger partial charge in [0.05, 0.1) is 5.56 Å². The standard InChI is InChI=1S/C11H12O2/c1-7(2)8-3-4-9-6-13-11(12)10(9)5-8/h3-5,7H,6H2,1-2H3. The number of rotatable bonds is 1. The molecule has 0 radical (unpaired) electrons. The van der Waals surface area contributed by atoms with E-state index >= 15 is 0 Å². The van der Waals surface area contributed by atoms with Gasteiger partial charge in [-0.05, 0) is 17.5 Å². The zero-order valence-corrected chi connectivity index (χ0v) is 7.83. The molecule has 0 fully saturated rings. The molecule has 0 N–H and O–H groups in total. The number of carbonyl (C=O) groups excluding carboxylic acids is 1. The van der Waals surface area contributed by atoms with Crippen molar-refractivity contribution in [2.45, 2.75) is 26.4 Å². The summed E-state index contributed by atoms with van der Waals surface area (Å²) in [5.41, 5.74) is 2.94. The first kappa shape index (κ1) is 8.30. The number of hydrogen-bond donors (Lipinski definition) is 0. The second kappa shape index (κ2) is 2.87. The van der Waals surface area contributed by atoms with Gasteiger partial charge in [0.25, 0.3) is 0 Å². The van der Waals surface area contributed by atoms with Crippen molar-refractivity contribution >= 4 is 5.97 Å². The van der Waals surface area contributed by atoms with Crippen LogP contribution < -0.4 is 0 Å². The summed E-state index contributed by atoms with van der Waals surface area (Å²) in [5, 5.41) is 0. The van der Waals surface area contributed by atoms with E-state index in [-0.39, 0.29) is 5.97 Å². The van der Waals surface area contributed by atoms with Crippen LogP contribution >= 0.6 is 0 Å². The van der Waals surface area contributed by atoms with Gasteiger partial charge in [0.2, 0.25) is 0 Å². The van der Waals surface area contributed by atoms with Gasteiger partial charge in [0.1, 0.15) is 6.61 Å². The molecule has 0 aliphatic carbocycles. The van der Waals surface area contributed by atoms with Crippen LogP contribution in [0.1, 0.15) is 41.3 Å². The Balaban J connectivity index is 2.48. The third-order valence-electron chi connectivity index (χ3n) is 2.38. The van der Waals surface area contributed by atoms with Gasteiger partial charge in [0.15, 0.2) is 0 Å². The Morgan fingerprint density at radius 3 is 2.85 bits per heavy atom. The molecule has 1 aliphatic rings. The topological polar surface area (TPSA) is 26.3 Å². The van der Waals surface area contributed by atoms with Crippen LogP contribution in [0.15, 0.2) is 18.2 Å². The lowest BCUT2D eigenvalue weighted by atomic mass is 9.98. The molecule has 0 spiro atoms. The summed E-state index contributed by atoms with van der Waals surface area (Å²) in [6.45, 7) is 4.66. The molecule has 68 valence electrons. The van der Waals surface area contributed by atoms with E-state index < -0.39 is 0 Å². The molecule has 0 saturated carbocycles. The second-order valence-corrected chi connectivity index (χ2v) is 3.65. The van der Waals surface area contributed by atoms with Crippen LogP contribution in [0.4, 0.5) is 0 Å². The zero-order chi connectivity index (χ0) is 9.42. The van der Waals surface area contributed by atoms with Gasteiger partial charge >= 0.3 is 5.97 Å². The Bertz CT molecular complexity index is 353. The van der Waals surface area contributed by atoms with E-state index in [0.717, 1.165) is 11.1 Å². The van der Waals surface area contributed by atoms with Crippen molar-refractivity contribution in [3.63, 3.8) is 0 Å². The first-order chi connectivity index (χ1) is 6.18. The average Bonchev–Trinajstić information content (AvgIpc) is 2.47. The van der Waals surface area contributed by atoms with Crippen LogP contribution in [-0.4, -0.2) is 5.97 Å². The van der Waals surface area contributed by atoms with Crippen molar-refractivity contribution in [2.24, 2.45) is 0 Å². The molecule has 0 amide bonds. The number of benzene rings is 1. The van der Waals surface area contributed by atoms with Crippen LogP contribution in [0.3, 0.4) is 0 Å². The number of carbonyl (C=O) groups is 1. The van der Waals surface area contributed by atoms with E-state index in [2.05, 4.69) is 19.9 Å². The second-order valence-electron chi connectivity index (χ2n) is 3.65. The van der Waals surface area contributed by atoms with Crippen LogP contribution in [0, 0.1) is 0 Å². The molecule has 1 aromatic carbocycles. The lowest BCUT2D eigenvalue weighted by Gasteiger charge is -2.05. The summed E-state index contributed by atoms with van der Waals surface area (Å²) in [5.74, 6) is 0.274. The Labute approximate surface area is 77.5 Å². The Kier molecular flexibility index (Phi) is 1.83. The molecule has 0 bridgehead atoms. The number of cyclic esters (lactones) is 1. The maximum Gasteiger partial charge on any atom is 0.338 e. The molecule has 0 unspecified atom stereocenters. The fourth-order valence-corrected chi connectivity index (χ4v) is 1.49. The molecule has 1 heterocycles. The molecule has 0 saturated heterocycles. The van der Waals surface area contributed by atoms with Gasteiger partial charge in [0, 0.05) is 5.56 Å². The predicted octanol–water partition coefficient (Wildman–Crippen LogP) is 2.48. The summed E-state index contributed by atoms with van der Waals surface area (Å²) in [6.07, 6.45) is 0. The van der Waals surface area contributed by atoms with Crippen molar-refractivity contribution in [3.8, 4) is 0 Å². The van der Waals surface area contributed by atoms with E-state index in [1.807, 2.05) is 12.1 Å². The van der Waals surface area contributed by atoms with Gasteiger partial charge in [-0.15, -0.1) is 0 Å². The van der Waals surface area contributed by atoms with E-state index in [1.54, 1.807) is 0 Å². The molecule has 2 heteroatoms. The summed E-state index contributed by atoms with van der Waals surface area (Å²) in [7, 11) is 0. The minimum Gasteiger partial charge on any atom is -0.457 e. The lowest BCUT2D eigenvalue weighted by molar-refractivity contribution is 0.0535. The van der Waals surface area contributed by atoms with Gasteiger partial charge in [-0.25, -0.2) is 4.79 Å². The van der Waals surface area contributed by atoms with Crippen molar-refractivity contribution in [1.82, 2.24) is 0 Å². The highest BCUT2D eigenvalue weighted by Gasteiger charge is 2.21. The summed E-state index contributed by atoms with van der Waals surface area (Å²) >= 11 is 0. The number of hydrogen-bond acceptors (Lipinski definition) is 2. The maximum atomic E-state index is 11.2. The predicted molar refractivity (Wildman–Crippen MR) is 49.7 cm³/mol. The Hall–Kier alpha value is -1.31. The first-order valence-electron chi connectivity index (χ1n) is 4.48. The monoisotopic (exact) mass is 176 g/mol. The largest absolute Gasteiger partial charge is 0.457 e. The fourth-order valence-electron chi connectivity index (χ4n) is 1.49. The molecule has 13 heavy (non-hydrogen) atoms. The molecular weight excluding hydrogens is 164 g/mol. The molecule has 2 rings (SSSR count). The fraction of sp³-hybridized carbons (Fsp3) is 0.364. The van der Waals surface area contributed by atoms with Crippen molar-refractivity contribution in [2.75, 3.05) is 0 Å².